The molecule has 0 aliphatic heterocycles. The predicted octanol–water partition coefficient (Wildman–Crippen LogP) is 0.765. The first-order valence-corrected chi connectivity index (χ1v) is 9.32. The summed E-state index contributed by atoms with van der Waals surface area (Å²) in [5, 5.41) is 38.2. The number of carbonyl (C=O) groups is 2. The third-order valence-corrected chi connectivity index (χ3v) is 4.46. The Balaban J connectivity index is 2.33. The minimum absolute atomic E-state index is 0.00421. The molecule has 2 amide bonds. The lowest BCUT2D eigenvalue weighted by Crippen LogP contribution is -2.35. The second kappa shape index (κ2) is 7.39. The zero-order valence-electron chi connectivity index (χ0n) is 16.5. The van der Waals surface area contributed by atoms with Crippen molar-refractivity contribution in [3.05, 3.63) is 21.5 Å². The first-order chi connectivity index (χ1) is 13.5. The van der Waals surface area contributed by atoms with E-state index in [2.05, 4.69) is 15.7 Å². The average molecular weight is 407 g/mol. The zero-order chi connectivity index (χ0) is 21.5. The molecule has 3 rings (SSSR count). The van der Waals surface area contributed by atoms with E-state index >= 15 is 0 Å². The molecule has 1 aliphatic carbocycles. The summed E-state index contributed by atoms with van der Waals surface area (Å²) in [5.74, 6) is -1.35. The van der Waals surface area contributed by atoms with Gasteiger partial charge in [0.15, 0.2) is 11.4 Å². The van der Waals surface area contributed by atoms with Crippen molar-refractivity contribution in [2.75, 3.05) is 11.9 Å². The summed E-state index contributed by atoms with van der Waals surface area (Å²) in [6.45, 7) is 5.60. The summed E-state index contributed by atoms with van der Waals surface area (Å²) in [5.41, 5.74) is -1.30. The van der Waals surface area contributed by atoms with Crippen LogP contribution in [0.3, 0.4) is 0 Å². The standard InChI is InChI=1S/C18H25N5O6/c1-18(2,3)8-22-14-10(6-7-24)12(20-17(28)29)21-23(14)16(27)11(15(22)26)13(25)19-9-4-5-9/h9,24,26H,4-8H2,1-3H3,(H,19,25)(H,20,21)(H,28,29). The fourth-order valence-corrected chi connectivity index (χ4v) is 3.15. The highest BCUT2D eigenvalue weighted by molar-refractivity contribution is 5.97. The fraction of sp³-hybridized carbons (Fsp3) is 0.556. The highest BCUT2D eigenvalue weighted by Gasteiger charge is 2.31. The number of hydrogen-bond acceptors (Lipinski definition) is 6. The minimum Gasteiger partial charge on any atom is -0.494 e. The lowest BCUT2D eigenvalue weighted by molar-refractivity contribution is 0.0944. The lowest BCUT2D eigenvalue weighted by atomic mass is 9.96. The molecule has 0 bridgehead atoms. The lowest BCUT2D eigenvalue weighted by Gasteiger charge is -2.23. The van der Waals surface area contributed by atoms with Gasteiger partial charge in [-0.1, -0.05) is 20.8 Å². The summed E-state index contributed by atoms with van der Waals surface area (Å²) in [6, 6.07) is -0.0279. The van der Waals surface area contributed by atoms with Gasteiger partial charge in [-0.3, -0.25) is 19.5 Å². The van der Waals surface area contributed by atoms with E-state index in [9.17, 15) is 24.6 Å². The third kappa shape index (κ3) is 4.19. The Morgan fingerprint density at radius 1 is 1.28 bits per heavy atom. The van der Waals surface area contributed by atoms with Gasteiger partial charge < -0.3 is 20.6 Å². The number of nitrogens with zero attached hydrogens (tertiary/aromatic N) is 3. The normalized spacial score (nSPS) is 14.2. The Kier molecular flexibility index (Phi) is 5.26. The third-order valence-electron chi connectivity index (χ3n) is 4.46. The van der Waals surface area contributed by atoms with E-state index < -0.39 is 29.0 Å². The van der Waals surface area contributed by atoms with Crippen LogP contribution in [0.1, 0.15) is 49.5 Å². The molecule has 0 spiro atoms. The van der Waals surface area contributed by atoms with E-state index in [4.69, 9.17) is 5.11 Å². The van der Waals surface area contributed by atoms with Crippen LogP contribution in [0.25, 0.3) is 5.65 Å². The molecule has 5 N–H and O–H groups in total. The highest BCUT2D eigenvalue weighted by Crippen LogP contribution is 2.29. The van der Waals surface area contributed by atoms with Crippen LogP contribution in [0.15, 0.2) is 4.79 Å². The van der Waals surface area contributed by atoms with Crippen LogP contribution in [-0.4, -0.2) is 54.1 Å². The molecule has 0 aromatic carbocycles. The maximum absolute atomic E-state index is 13.0. The van der Waals surface area contributed by atoms with E-state index in [-0.39, 0.29) is 48.1 Å². The van der Waals surface area contributed by atoms with Crippen molar-refractivity contribution in [2.45, 2.75) is 52.6 Å². The van der Waals surface area contributed by atoms with Gasteiger partial charge in [0.2, 0.25) is 5.88 Å². The molecule has 158 valence electrons. The Bertz CT molecular complexity index is 1030. The van der Waals surface area contributed by atoms with Crippen molar-refractivity contribution >= 4 is 23.5 Å². The molecule has 2 heterocycles. The number of amides is 2. The predicted molar refractivity (Wildman–Crippen MR) is 103 cm³/mol. The summed E-state index contributed by atoms with van der Waals surface area (Å²) in [6.07, 6.45) is 0.217. The van der Waals surface area contributed by atoms with E-state index in [1.54, 1.807) is 0 Å². The molecule has 0 unspecified atom stereocenters. The van der Waals surface area contributed by atoms with Gasteiger partial charge in [-0.2, -0.15) is 4.52 Å². The van der Waals surface area contributed by atoms with E-state index in [1.807, 2.05) is 20.8 Å². The number of carbonyl (C=O) groups excluding carboxylic acids is 1. The van der Waals surface area contributed by atoms with Crippen LogP contribution in [0, 0.1) is 5.41 Å². The van der Waals surface area contributed by atoms with Crippen molar-refractivity contribution in [3.63, 3.8) is 0 Å². The largest absolute Gasteiger partial charge is 0.494 e. The Labute approximate surface area is 166 Å². The molecule has 1 saturated carbocycles. The van der Waals surface area contributed by atoms with Crippen molar-refractivity contribution in [2.24, 2.45) is 5.41 Å². The molecule has 2 aromatic rings. The Morgan fingerprint density at radius 2 is 1.93 bits per heavy atom. The summed E-state index contributed by atoms with van der Waals surface area (Å²) in [4.78, 5) is 36.8. The van der Waals surface area contributed by atoms with Gasteiger partial charge in [-0.05, 0) is 18.3 Å². The van der Waals surface area contributed by atoms with Crippen LogP contribution in [0.2, 0.25) is 0 Å². The Morgan fingerprint density at radius 3 is 2.45 bits per heavy atom. The number of nitrogens with one attached hydrogen (secondary N) is 2. The topological polar surface area (TPSA) is 158 Å². The summed E-state index contributed by atoms with van der Waals surface area (Å²) >= 11 is 0. The number of anilines is 1. The van der Waals surface area contributed by atoms with Gasteiger partial charge in [-0.15, -0.1) is 5.10 Å². The minimum atomic E-state index is -1.39. The molecular weight excluding hydrogens is 382 g/mol. The molecule has 1 aliphatic rings. The van der Waals surface area contributed by atoms with Gasteiger partial charge in [0.05, 0.1) is 0 Å². The number of hydrogen-bond donors (Lipinski definition) is 5. The molecule has 0 radical (unpaired) electrons. The smallest absolute Gasteiger partial charge is 0.410 e. The number of aromatic nitrogens is 3. The molecule has 1 fully saturated rings. The molecular formula is C18H25N5O6. The highest BCUT2D eigenvalue weighted by atomic mass is 16.4. The van der Waals surface area contributed by atoms with Crippen LogP contribution in [0.4, 0.5) is 10.6 Å². The maximum Gasteiger partial charge on any atom is 0.410 e. The SMILES string of the molecule is CC(C)(C)Cn1c(O)c(C(=O)NC2CC2)c(=O)n2nc(NC(=O)O)c(CCO)c12. The number of carboxylic acid groups (broad SMARTS) is 1. The number of aliphatic hydroxyl groups is 1. The Hall–Kier alpha value is -3.08. The molecule has 11 nitrogen and oxygen atoms in total. The first-order valence-electron chi connectivity index (χ1n) is 9.32. The van der Waals surface area contributed by atoms with Crippen LogP contribution >= 0.6 is 0 Å². The van der Waals surface area contributed by atoms with E-state index in [0.29, 0.717) is 0 Å². The van der Waals surface area contributed by atoms with E-state index in [1.165, 1.54) is 4.57 Å². The van der Waals surface area contributed by atoms with Gasteiger partial charge in [-0.25, -0.2) is 4.79 Å². The zero-order valence-corrected chi connectivity index (χ0v) is 16.5. The van der Waals surface area contributed by atoms with Crippen molar-refractivity contribution in [1.29, 1.82) is 0 Å². The van der Waals surface area contributed by atoms with Gasteiger partial charge >= 0.3 is 6.09 Å². The van der Waals surface area contributed by atoms with Crippen molar-refractivity contribution < 1.29 is 24.9 Å². The molecule has 11 heteroatoms. The van der Waals surface area contributed by atoms with Crippen molar-refractivity contribution in [1.82, 2.24) is 19.5 Å². The number of aliphatic hydroxyl groups excluding tert-OH is 1. The maximum atomic E-state index is 13.0. The monoisotopic (exact) mass is 407 g/mol. The van der Waals surface area contributed by atoms with Gasteiger partial charge in [0.25, 0.3) is 11.5 Å². The fourth-order valence-electron chi connectivity index (χ4n) is 3.15. The summed E-state index contributed by atoms with van der Waals surface area (Å²) < 4.78 is 2.28. The van der Waals surface area contributed by atoms with Crippen LogP contribution < -0.4 is 16.2 Å². The van der Waals surface area contributed by atoms with Gasteiger partial charge in [0.1, 0.15) is 5.65 Å². The van der Waals surface area contributed by atoms with Gasteiger partial charge in [0, 0.05) is 31.2 Å². The molecule has 2 aromatic heterocycles. The van der Waals surface area contributed by atoms with E-state index in [0.717, 1.165) is 17.4 Å². The molecule has 0 atom stereocenters. The number of aromatic hydroxyl groups is 1. The summed E-state index contributed by atoms with van der Waals surface area (Å²) in [7, 11) is 0. The number of fused-ring (bicyclic) bond motifs is 1. The molecule has 29 heavy (non-hydrogen) atoms. The van der Waals surface area contributed by atoms with Crippen LogP contribution in [0.5, 0.6) is 5.88 Å². The average Bonchev–Trinajstić information content (AvgIpc) is 3.33. The van der Waals surface area contributed by atoms with Crippen LogP contribution in [-0.2, 0) is 13.0 Å². The first kappa shape index (κ1) is 20.6. The molecule has 0 saturated heterocycles. The second-order valence-corrected chi connectivity index (χ2v) is 8.36. The second-order valence-electron chi connectivity index (χ2n) is 8.36. The number of rotatable bonds is 6. The quantitative estimate of drug-likeness (QED) is 0.473. The van der Waals surface area contributed by atoms with Crippen molar-refractivity contribution in [3.8, 4) is 5.88 Å².